The Kier molecular flexibility index (Phi) is 3.96. The number of carbonyl (C=O) groups excluding carboxylic acids is 1. The summed E-state index contributed by atoms with van der Waals surface area (Å²) in [6.07, 6.45) is 3.98. The number of rotatable bonds is 6. The average Bonchev–Trinajstić information content (AvgIpc) is 3.42. The second-order valence-electron chi connectivity index (χ2n) is 7.17. The molecule has 2 heterocycles. The van der Waals surface area contributed by atoms with E-state index in [-0.39, 0.29) is 5.91 Å². The average molecular weight is 344 g/mol. The van der Waals surface area contributed by atoms with Crippen LogP contribution in [-0.4, -0.2) is 28.3 Å². The zero-order valence-electron chi connectivity index (χ0n) is 14.4. The molecule has 4 rings (SSSR count). The number of hydrogen-bond donors (Lipinski definition) is 2. The maximum Gasteiger partial charge on any atom is 0.257 e. The van der Waals surface area contributed by atoms with Crippen LogP contribution in [0.5, 0.6) is 0 Å². The van der Waals surface area contributed by atoms with E-state index in [1.165, 1.54) is 30.7 Å². The lowest BCUT2D eigenvalue weighted by Crippen LogP contribution is -2.20. The summed E-state index contributed by atoms with van der Waals surface area (Å²) in [4.78, 5) is 15.0. The van der Waals surface area contributed by atoms with Crippen molar-refractivity contribution >= 4 is 23.1 Å². The van der Waals surface area contributed by atoms with Crippen molar-refractivity contribution in [2.45, 2.75) is 45.1 Å². The third-order valence-corrected chi connectivity index (χ3v) is 6.13. The Morgan fingerprint density at radius 3 is 2.83 bits per heavy atom. The van der Waals surface area contributed by atoms with Crippen LogP contribution in [0.2, 0.25) is 0 Å². The van der Waals surface area contributed by atoms with Gasteiger partial charge in [0.1, 0.15) is 5.82 Å². The molecule has 2 aromatic rings. The zero-order chi connectivity index (χ0) is 16.8. The molecule has 2 aliphatic carbocycles. The molecule has 2 unspecified atom stereocenters. The predicted octanol–water partition coefficient (Wildman–Crippen LogP) is 3.21. The van der Waals surface area contributed by atoms with Crippen molar-refractivity contribution < 1.29 is 4.79 Å². The summed E-state index contributed by atoms with van der Waals surface area (Å²) >= 11 is 1.76. The van der Waals surface area contributed by atoms with Gasteiger partial charge in [-0.25, -0.2) is 0 Å². The molecule has 0 spiro atoms. The molecule has 24 heavy (non-hydrogen) atoms. The maximum absolute atomic E-state index is 12.6. The van der Waals surface area contributed by atoms with Crippen LogP contribution in [0.25, 0.3) is 0 Å². The van der Waals surface area contributed by atoms with Gasteiger partial charge in [-0.3, -0.25) is 9.48 Å². The standard InChI is InChI=1S/C18H24N4OS/c1-10-6-17(22(3)21-10)20-18(23)13-8-16(24-11(13)2)14-7-15(14)19-9-12-4-5-12/h6,8,12,14-15,19H,4-5,7,9H2,1-3H3,(H,20,23). The minimum Gasteiger partial charge on any atom is -0.313 e. The van der Waals surface area contributed by atoms with Crippen LogP contribution in [0, 0.1) is 19.8 Å². The van der Waals surface area contributed by atoms with Gasteiger partial charge in [0, 0.05) is 34.8 Å². The first-order chi connectivity index (χ1) is 11.5. The van der Waals surface area contributed by atoms with E-state index in [9.17, 15) is 4.79 Å². The molecule has 2 fully saturated rings. The molecule has 2 aromatic heterocycles. The van der Waals surface area contributed by atoms with E-state index in [4.69, 9.17) is 0 Å². The van der Waals surface area contributed by atoms with Crippen molar-refractivity contribution in [1.29, 1.82) is 0 Å². The SMILES string of the molecule is Cc1cc(NC(=O)c2cc(C3CC3NCC3CC3)sc2C)n(C)n1. The first-order valence-electron chi connectivity index (χ1n) is 8.67. The minimum atomic E-state index is -0.0406. The fourth-order valence-corrected chi connectivity index (χ4v) is 4.40. The van der Waals surface area contributed by atoms with Crippen molar-refractivity contribution in [2.24, 2.45) is 13.0 Å². The van der Waals surface area contributed by atoms with E-state index < -0.39 is 0 Å². The molecular weight excluding hydrogens is 320 g/mol. The van der Waals surface area contributed by atoms with E-state index >= 15 is 0 Å². The summed E-state index contributed by atoms with van der Waals surface area (Å²) in [6, 6.07) is 4.58. The molecular formula is C18H24N4OS. The molecule has 5 nitrogen and oxygen atoms in total. The van der Waals surface area contributed by atoms with Crippen LogP contribution < -0.4 is 10.6 Å². The number of thiophene rings is 1. The highest BCUT2D eigenvalue weighted by Gasteiger charge is 2.40. The second kappa shape index (κ2) is 6.01. The molecule has 2 atom stereocenters. The maximum atomic E-state index is 12.6. The third kappa shape index (κ3) is 3.26. The van der Waals surface area contributed by atoms with Gasteiger partial charge < -0.3 is 10.6 Å². The Labute approximate surface area is 146 Å². The Bertz CT molecular complexity index is 774. The normalized spacial score (nSPS) is 22.6. The quantitative estimate of drug-likeness (QED) is 0.846. The van der Waals surface area contributed by atoms with Gasteiger partial charge in [-0.05, 0) is 51.6 Å². The molecule has 6 heteroatoms. The highest BCUT2D eigenvalue weighted by Crippen LogP contribution is 2.45. The topological polar surface area (TPSA) is 59.0 Å². The number of anilines is 1. The van der Waals surface area contributed by atoms with Gasteiger partial charge in [0.25, 0.3) is 5.91 Å². The summed E-state index contributed by atoms with van der Waals surface area (Å²) in [5, 5.41) is 10.9. The number of carbonyl (C=O) groups is 1. The Balaban J connectivity index is 1.41. The van der Waals surface area contributed by atoms with Crippen molar-refractivity contribution in [1.82, 2.24) is 15.1 Å². The molecule has 1 amide bonds. The van der Waals surface area contributed by atoms with E-state index in [0.717, 1.165) is 27.9 Å². The van der Waals surface area contributed by atoms with Crippen LogP contribution >= 0.6 is 11.3 Å². The lowest BCUT2D eigenvalue weighted by Gasteiger charge is -2.04. The van der Waals surface area contributed by atoms with E-state index in [1.54, 1.807) is 16.0 Å². The van der Waals surface area contributed by atoms with Crippen molar-refractivity contribution in [3.8, 4) is 0 Å². The number of hydrogen-bond acceptors (Lipinski definition) is 4. The van der Waals surface area contributed by atoms with E-state index in [2.05, 4.69) is 21.8 Å². The van der Waals surface area contributed by atoms with E-state index in [0.29, 0.717) is 12.0 Å². The zero-order valence-corrected chi connectivity index (χ0v) is 15.2. The fraction of sp³-hybridized carbons (Fsp3) is 0.556. The number of aryl methyl sites for hydroxylation is 3. The van der Waals surface area contributed by atoms with Gasteiger partial charge in [-0.15, -0.1) is 11.3 Å². The Morgan fingerprint density at radius 2 is 2.17 bits per heavy atom. The molecule has 0 aliphatic heterocycles. The molecule has 0 saturated heterocycles. The lowest BCUT2D eigenvalue weighted by atomic mass is 10.2. The second-order valence-corrected chi connectivity index (χ2v) is 8.46. The summed E-state index contributed by atoms with van der Waals surface area (Å²) in [5.74, 6) is 2.20. The predicted molar refractivity (Wildman–Crippen MR) is 96.8 cm³/mol. The van der Waals surface area contributed by atoms with Crippen LogP contribution in [-0.2, 0) is 7.05 Å². The molecule has 0 aromatic carbocycles. The van der Waals surface area contributed by atoms with Gasteiger partial charge in [0.05, 0.1) is 11.3 Å². The highest BCUT2D eigenvalue weighted by molar-refractivity contribution is 7.12. The van der Waals surface area contributed by atoms with Crippen LogP contribution in [0.4, 0.5) is 5.82 Å². The minimum absolute atomic E-state index is 0.0406. The van der Waals surface area contributed by atoms with Gasteiger partial charge >= 0.3 is 0 Å². The summed E-state index contributed by atoms with van der Waals surface area (Å²) < 4.78 is 1.70. The fourth-order valence-electron chi connectivity index (χ4n) is 3.20. The molecule has 0 bridgehead atoms. The molecule has 2 aliphatic rings. The number of amides is 1. The number of nitrogens with zero attached hydrogens (tertiary/aromatic N) is 2. The monoisotopic (exact) mass is 344 g/mol. The van der Waals surface area contributed by atoms with Crippen LogP contribution in [0.15, 0.2) is 12.1 Å². The Hall–Kier alpha value is -1.66. The molecule has 0 radical (unpaired) electrons. The van der Waals surface area contributed by atoms with Crippen molar-refractivity contribution in [2.75, 3.05) is 11.9 Å². The first kappa shape index (κ1) is 15.8. The number of aromatic nitrogens is 2. The van der Waals surface area contributed by atoms with Crippen LogP contribution in [0.3, 0.4) is 0 Å². The highest BCUT2D eigenvalue weighted by atomic mass is 32.1. The van der Waals surface area contributed by atoms with Gasteiger partial charge in [-0.1, -0.05) is 0 Å². The smallest absolute Gasteiger partial charge is 0.257 e. The summed E-state index contributed by atoms with van der Waals surface area (Å²) in [7, 11) is 1.84. The van der Waals surface area contributed by atoms with E-state index in [1.807, 2.05) is 27.0 Å². The molecule has 2 N–H and O–H groups in total. The van der Waals surface area contributed by atoms with Crippen molar-refractivity contribution in [3.05, 3.63) is 33.1 Å². The van der Waals surface area contributed by atoms with Crippen LogP contribution in [0.1, 0.15) is 51.0 Å². The molecule has 128 valence electrons. The van der Waals surface area contributed by atoms with Gasteiger partial charge in [0.2, 0.25) is 0 Å². The van der Waals surface area contributed by atoms with Crippen molar-refractivity contribution in [3.63, 3.8) is 0 Å². The number of nitrogens with one attached hydrogen (secondary N) is 2. The first-order valence-corrected chi connectivity index (χ1v) is 9.48. The lowest BCUT2D eigenvalue weighted by molar-refractivity contribution is 0.102. The summed E-state index contributed by atoms with van der Waals surface area (Å²) in [5.41, 5.74) is 1.69. The van der Waals surface area contributed by atoms with Gasteiger partial charge in [0.15, 0.2) is 0 Å². The van der Waals surface area contributed by atoms with Gasteiger partial charge in [-0.2, -0.15) is 5.10 Å². The molecule has 2 saturated carbocycles. The third-order valence-electron chi connectivity index (χ3n) is 4.95. The Morgan fingerprint density at radius 1 is 1.38 bits per heavy atom. The summed E-state index contributed by atoms with van der Waals surface area (Å²) in [6.45, 7) is 5.12. The largest absolute Gasteiger partial charge is 0.313 e.